The number of hydrogen-bond acceptors (Lipinski definition) is 8. The zero-order chi connectivity index (χ0) is 24.6. The summed E-state index contributed by atoms with van der Waals surface area (Å²) in [7, 11) is 0. The lowest BCUT2D eigenvalue weighted by atomic mass is 9.98. The van der Waals surface area contributed by atoms with E-state index >= 15 is 0 Å². The van der Waals surface area contributed by atoms with Crippen molar-refractivity contribution in [3.63, 3.8) is 0 Å². The van der Waals surface area contributed by atoms with E-state index in [9.17, 15) is 9.59 Å². The third kappa shape index (κ3) is 7.23. The van der Waals surface area contributed by atoms with Gasteiger partial charge in [-0.15, -0.1) is 0 Å². The SMILES string of the molecule is C#N.CC(C)CC(=O)Nc1ncnn2c(C3CCC(COCOC(=O)C(C)(C)C)O3)ccc12. The van der Waals surface area contributed by atoms with E-state index in [1.165, 1.54) is 6.33 Å². The Hall–Kier alpha value is -3.03. The van der Waals surface area contributed by atoms with Crippen molar-refractivity contribution in [3.8, 4) is 6.57 Å². The summed E-state index contributed by atoms with van der Waals surface area (Å²) in [5.74, 6) is 0.391. The molecule has 1 fully saturated rings. The lowest BCUT2D eigenvalue weighted by Crippen LogP contribution is -2.25. The Morgan fingerprint density at radius 3 is 2.70 bits per heavy atom. The molecule has 1 N–H and O–H groups in total. The number of aromatic nitrogens is 3. The highest BCUT2D eigenvalue weighted by Gasteiger charge is 2.30. The van der Waals surface area contributed by atoms with Gasteiger partial charge in [0.15, 0.2) is 12.6 Å². The Morgan fingerprint density at radius 1 is 1.30 bits per heavy atom. The molecule has 0 saturated carbocycles. The van der Waals surface area contributed by atoms with Gasteiger partial charge >= 0.3 is 5.97 Å². The number of hydrogen-bond donors (Lipinski definition) is 1. The van der Waals surface area contributed by atoms with Gasteiger partial charge in [-0.05, 0) is 51.7 Å². The van der Waals surface area contributed by atoms with Crippen LogP contribution in [-0.4, -0.2) is 46.0 Å². The van der Waals surface area contributed by atoms with E-state index in [1.807, 2.05) is 26.0 Å². The molecule has 33 heavy (non-hydrogen) atoms. The molecule has 0 bridgehead atoms. The van der Waals surface area contributed by atoms with E-state index in [2.05, 4.69) is 22.0 Å². The predicted octanol–water partition coefficient (Wildman–Crippen LogP) is 3.64. The van der Waals surface area contributed by atoms with Crippen molar-refractivity contribution >= 4 is 23.2 Å². The summed E-state index contributed by atoms with van der Waals surface area (Å²) in [6.45, 7) is 13.2. The van der Waals surface area contributed by atoms with E-state index < -0.39 is 5.41 Å². The van der Waals surface area contributed by atoms with Gasteiger partial charge in [0, 0.05) is 13.0 Å². The molecule has 10 nitrogen and oxygen atoms in total. The van der Waals surface area contributed by atoms with Gasteiger partial charge in [0.1, 0.15) is 17.9 Å². The van der Waals surface area contributed by atoms with Gasteiger partial charge < -0.3 is 19.5 Å². The maximum absolute atomic E-state index is 12.1. The first-order chi connectivity index (χ1) is 15.6. The third-order valence-electron chi connectivity index (χ3n) is 4.96. The molecular weight excluding hydrogens is 426 g/mol. The normalized spacial score (nSPS) is 18.1. The minimum absolute atomic E-state index is 0.0696. The molecule has 0 aliphatic carbocycles. The number of rotatable bonds is 8. The number of nitriles is 1. The molecule has 2 aromatic rings. The van der Waals surface area contributed by atoms with Gasteiger partial charge in [-0.3, -0.25) is 9.59 Å². The molecule has 3 heterocycles. The van der Waals surface area contributed by atoms with Crippen LogP contribution in [-0.2, 0) is 23.8 Å². The van der Waals surface area contributed by atoms with Crippen LogP contribution in [0.3, 0.4) is 0 Å². The molecule has 2 aromatic heterocycles. The van der Waals surface area contributed by atoms with Crippen molar-refractivity contribution in [2.75, 3.05) is 18.7 Å². The van der Waals surface area contributed by atoms with Gasteiger partial charge in [-0.2, -0.15) is 5.10 Å². The van der Waals surface area contributed by atoms with Crippen molar-refractivity contribution in [1.29, 1.82) is 5.26 Å². The highest BCUT2D eigenvalue weighted by molar-refractivity contribution is 5.93. The van der Waals surface area contributed by atoms with Crippen LogP contribution >= 0.6 is 0 Å². The van der Waals surface area contributed by atoms with Crippen LogP contribution in [0.1, 0.15) is 65.7 Å². The Kier molecular flexibility index (Phi) is 9.32. The van der Waals surface area contributed by atoms with Gasteiger partial charge in [0.05, 0.1) is 23.8 Å². The van der Waals surface area contributed by atoms with E-state index in [0.29, 0.717) is 18.8 Å². The van der Waals surface area contributed by atoms with E-state index in [4.69, 9.17) is 19.5 Å². The number of nitrogens with one attached hydrogen (secondary N) is 1. The van der Waals surface area contributed by atoms with Crippen molar-refractivity contribution in [3.05, 3.63) is 24.2 Å². The standard InChI is InChI=1S/C22H32N4O5.CHN/c1-14(2)10-19(27)25-20-17-8-7-16(26(17)24-12-23-20)18-9-6-15(31-18)11-29-13-30-21(28)22(3,4)5;1-2/h7-8,12,14-15,18H,6,9-11,13H2,1-5H3,(H,23,24,25,27);1H. The molecule has 10 heteroatoms. The zero-order valence-electron chi connectivity index (χ0n) is 19.9. The van der Waals surface area contributed by atoms with Crippen LogP contribution in [0.15, 0.2) is 18.5 Å². The zero-order valence-corrected chi connectivity index (χ0v) is 19.9. The Balaban J connectivity index is 0.00000187. The summed E-state index contributed by atoms with van der Waals surface area (Å²) in [6.07, 6.45) is 3.29. The molecule has 1 aliphatic heterocycles. The molecule has 3 rings (SSSR count). The lowest BCUT2D eigenvalue weighted by molar-refractivity contribution is -0.168. The maximum atomic E-state index is 12.1. The van der Waals surface area contributed by atoms with Crippen molar-refractivity contribution < 1.29 is 23.8 Å². The van der Waals surface area contributed by atoms with Crippen LogP contribution < -0.4 is 5.32 Å². The Bertz CT molecular complexity index is 963. The number of nitrogens with zero attached hydrogens (tertiary/aromatic N) is 4. The summed E-state index contributed by atoms with van der Waals surface area (Å²) >= 11 is 0. The fourth-order valence-corrected chi connectivity index (χ4v) is 3.39. The second-order valence-electron chi connectivity index (χ2n) is 9.30. The minimum Gasteiger partial charge on any atom is -0.438 e. The first-order valence-electron chi connectivity index (χ1n) is 10.9. The topological polar surface area (TPSA) is 128 Å². The number of fused-ring (bicyclic) bond motifs is 1. The highest BCUT2D eigenvalue weighted by atomic mass is 16.7. The average Bonchev–Trinajstić information content (AvgIpc) is 3.38. The largest absolute Gasteiger partial charge is 0.438 e. The van der Waals surface area contributed by atoms with Crippen LogP contribution in [0.2, 0.25) is 0 Å². The summed E-state index contributed by atoms with van der Waals surface area (Å²) < 4.78 is 18.5. The fourth-order valence-electron chi connectivity index (χ4n) is 3.39. The van der Waals surface area contributed by atoms with Crippen LogP contribution in [0.4, 0.5) is 5.82 Å². The third-order valence-corrected chi connectivity index (χ3v) is 4.96. The molecule has 1 aliphatic rings. The smallest absolute Gasteiger partial charge is 0.313 e. The quantitative estimate of drug-likeness (QED) is 0.360. The Labute approximate surface area is 194 Å². The molecule has 2 atom stereocenters. The van der Waals surface area contributed by atoms with Crippen molar-refractivity contribution in [2.45, 2.75) is 66.1 Å². The Morgan fingerprint density at radius 2 is 2.03 bits per heavy atom. The summed E-state index contributed by atoms with van der Waals surface area (Å²) in [4.78, 5) is 28.1. The van der Waals surface area contributed by atoms with Gasteiger partial charge in [0.2, 0.25) is 5.91 Å². The fraction of sp³-hybridized carbons (Fsp3) is 0.609. The van der Waals surface area contributed by atoms with Crippen LogP contribution in [0.5, 0.6) is 0 Å². The van der Waals surface area contributed by atoms with E-state index in [1.54, 1.807) is 25.3 Å². The van der Waals surface area contributed by atoms with Gasteiger partial charge in [-0.1, -0.05) is 13.8 Å². The lowest BCUT2D eigenvalue weighted by Gasteiger charge is -2.17. The molecule has 0 radical (unpaired) electrons. The highest BCUT2D eigenvalue weighted by Crippen LogP contribution is 2.34. The number of carbonyl (C=O) groups excluding carboxylic acids is 2. The first-order valence-corrected chi connectivity index (χ1v) is 10.9. The second kappa shape index (κ2) is 11.7. The number of carbonyl (C=O) groups is 2. The van der Waals surface area contributed by atoms with Gasteiger partial charge in [0.25, 0.3) is 0 Å². The minimum atomic E-state index is -0.552. The summed E-state index contributed by atoms with van der Waals surface area (Å²) in [5, 5.41) is 13.7. The second-order valence-corrected chi connectivity index (χ2v) is 9.30. The molecule has 1 saturated heterocycles. The van der Waals surface area contributed by atoms with Crippen LogP contribution in [0.25, 0.3) is 5.52 Å². The maximum Gasteiger partial charge on any atom is 0.313 e. The van der Waals surface area contributed by atoms with Gasteiger partial charge in [-0.25, -0.2) is 14.8 Å². The van der Waals surface area contributed by atoms with E-state index in [-0.39, 0.29) is 36.8 Å². The molecule has 2 unspecified atom stereocenters. The molecule has 180 valence electrons. The number of anilines is 1. The van der Waals surface area contributed by atoms with E-state index in [0.717, 1.165) is 24.1 Å². The van der Waals surface area contributed by atoms with Crippen molar-refractivity contribution in [1.82, 2.24) is 14.6 Å². The summed E-state index contributed by atoms with van der Waals surface area (Å²) in [6, 6.07) is 3.83. The predicted molar refractivity (Wildman–Crippen MR) is 121 cm³/mol. The number of ether oxygens (including phenoxy) is 3. The first kappa shape index (κ1) is 26.2. The van der Waals surface area contributed by atoms with Crippen molar-refractivity contribution in [2.24, 2.45) is 11.3 Å². The monoisotopic (exact) mass is 459 g/mol. The summed E-state index contributed by atoms with van der Waals surface area (Å²) in [5.41, 5.74) is 1.08. The molecule has 0 spiro atoms. The van der Waals surface area contributed by atoms with Crippen LogP contribution in [0, 0.1) is 23.2 Å². The number of amides is 1. The number of esters is 1. The molecule has 1 amide bonds. The average molecular weight is 460 g/mol. The molecular formula is C23H33N5O5. The molecule has 0 aromatic carbocycles.